The summed E-state index contributed by atoms with van der Waals surface area (Å²) in [5, 5.41) is 14.7. The van der Waals surface area contributed by atoms with E-state index >= 15 is 0 Å². The number of carboxylic acid groups (broad SMARTS) is 1. The molecule has 0 aliphatic carbocycles. The van der Waals surface area contributed by atoms with E-state index in [9.17, 15) is 4.79 Å². The lowest BCUT2D eigenvalue weighted by molar-refractivity contribution is 0.188. The van der Waals surface area contributed by atoms with Gasteiger partial charge in [0.25, 0.3) is 0 Å². The molecule has 7 heteroatoms. The summed E-state index contributed by atoms with van der Waals surface area (Å²) in [6, 6.07) is 9.47. The lowest BCUT2D eigenvalue weighted by Gasteiger charge is -2.14. The van der Waals surface area contributed by atoms with Crippen LogP contribution in [0.5, 0.6) is 0 Å². The van der Waals surface area contributed by atoms with Crippen LogP contribution in [0, 0.1) is 0 Å². The van der Waals surface area contributed by atoms with E-state index in [1.807, 2.05) is 37.3 Å². The fraction of sp³-hybridized carbons (Fsp3) is 0.353. The van der Waals surface area contributed by atoms with Crippen molar-refractivity contribution in [3.8, 4) is 11.3 Å². The first-order valence-electron chi connectivity index (χ1n) is 7.90. The first kappa shape index (κ1) is 17.9. The predicted molar refractivity (Wildman–Crippen MR) is 98.1 cm³/mol. The Labute approximate surface area is 146 Å². The molecule has 24 heavy (non-hydrogen) atoms. The SMILES string of the molecule is CC(=S)NCCCCC(NC(=O)O)c1ncc(-c2ccccc2)[nH]1. The van der Waals surface area contributed by atoms with Gasteiger partial charge < -0.3 is 20.7 Å². The van der Waals surface area contributed by atoms with Crippen LogP contribution in [-0.4, -0.2) is 32.7 Å². The quantitative estimate of drug-likeness (QED) is 0.434. The number of carbonyl (C=O) groups is 1. The minimum atomic E-state index is -1.05. The van der Waals surface area contributed by atoms with Gasteiger partial charge in [-0.1, -0.05) is 42.5 Å². The zero-order chi connectivity index (χ0) is 17.4. The Morgan fingerprint density at radius 3 is 2.75 bits per heavy atom. The molecule has 1 aromatic carbocycles. The molecule has 6 nitrogen and oxygen atoms in total. The smallest absolute Gasteiger partial charge is 0.405 e. The molecule has 1 atom stereocenters. The molecule has 0 fully saturated rings. The number of unbranched alkanes of at least 4 members (excludes halogenated alkanes) is 1. The molecule has 0 aliphatic heterocycles. The van der Waals surface area contributed by atoms with E-state index in [0.29, 0.717) is 12.2 Å². The summed E-state index contributed by atoms with van der Waals surface area (Å²) in [6.45, 7) is 2.64. The maximum atomic E-state index is 11.1. The Balaban J connectivity index is 1.98. The minimum Gasteiger partial charge on any atom is -0.465 e. The van der Waals surface area contributed by atoms with Crippen LogP contribution in [0.3, 0.4) is 0 Å². The lowest BCUT2D eigenvalue weighted by Crippen LogP contribution is -2.28. The van der Waals surface area contributed by atoms with Crippen molar-refractivity contribution in [2.75, 3.05) is 6.54 Å². The van der Waals surface area contributed by atoms with Crippen LogP contribution < -0.4 is 10.6 Å². The van der Waals surface area contributed by atoms with Crippen molar-refractivity contribution >= 4 is 23.3 Å². The van der Waals surface area contributed by atoms with E-state index in [-0.39, 0.29) is 6.04 Å². The summed E-state index contributed by atoms with van der Waals surface area (Å²) in [5.74, 6) is 0.634. The number of aromatic nitrogens is 2. The van der Waals surface area contributed by atoms with Crippen LogP contribution >= 0.6 is 12.2 Å². The number of hydrogen-bond donors (Lipinski definition) is 4. The van der Waals surface area contributed by atoms with Crippen molar-refractivity contribution in [3.63, 3.8) is 0 Å². The maximum absolute atomic E-state index is 11.1. The topological polar surface area (TPSA) is 90.0 Å². The predicted octanol–water partition coefficient (Wildman–Crippen LogP) is 3.49. The Hall–Kier alpha value is -2.41. The van der Waals surface area contributed by atoms with Crippen molar-refractivity contribution in [3.05, 3.63) is 42.4 Å². The molecule has 0 spiro atoms. The maximum Gasteiger partial charge on any atom is 0.405 e. The van der Waals surface area contributed by atoms with E-state index in [1.54, 1.807) is 6.20 Å². The highest BCUT2D eigenvalue weighted by Crippen LogP contribution is 2.21. The van der Waals surface area contributed by atoms with Gasteiger partial charge in [-0.2, -0.15) is 0 Å². The van der Waals surface area contributed by atoms with Crippen molar-refractivity contribution in [1.82, 2.24) is 20.6 Å². The number of nitrogens with one attached hydrogen (secondary N) is 3. The highest BCUT2D eigenvalue weighted by atomic mass is 32.1. The van der Waals surface area contributed by atoms with Crippen molar-refractivity contribution in [1.29, 1.82) is 0 Å². The fourth-order valence-electron chi connectivity index (χ4n) is 2.44. The second-order valence-electron chi connectivity index (χ2n) is 5.53. The molecule has 2 rings (SSSR count). The Morgan fingerprint density at radius 1 is 1.33 bits per heavy atom. The molecule has 4 N–H and O–H groups in total. The number of nitrogens with zero attached hydrogens (tertiary/aromatic N) is 1. The second kappa shape index (κ2) is 9.02. The molecule has 1 unspecified atom stereocenters. The number of H-pyrrole nitrogens is 1. The Bertz CT molecular complexity index is 672. The van der Waals surface area contributed by atoms with Crippen LogP contribution in [0.4, 0.5) is 4.79 Å². The molecule has 0 radical (unpaired) electrons. The van der Waals surface area contributed by atoms with Gasteiger partial charge in [0.05, 0.1) is 22.9 Å². The molecule has 0 aliphatic rings. The summed E-state index contributed by atoms with van der Waals surface area (Å²) in [4.78, 5) is 19.4. The molecular formula is C17H22N4O2S. The number of aromatic amines is 1. The third-order valence-corrected chi connectivity index (χ3v) is 3.75. The van der Waals surface area contributed by atoms with Crippen LogP contribution in [0.25, 0.3) is 11.3 Å². The molecule has 0 bridgehead atoms. The summed E-state index contributed by atoms with van der Waals surface area (Å²) >= 11 is 4.96. The second-order valence-corrected chi connectivity index (χ2v) is 6.14. The molecule has 0 saturated carbocycles. The van der Waals surface area contributed by atoms with E-state index in [1.165, 1.54) is 0 Å². The van der Waals surface area contributed by atoms with Crippen molar-refractivity contribution in [2.45, 2.75) is 32.2 Å². The van der Waals surface area contributed by atoms with Gasteiger partial charge in [-0.3, -0.25) is 0 Å². The fourth-order valence-corrected chi connectivity index (χ4v) is 2.54. The molecule has 128 valence electrons. The van der Waals surface area contributed by atoms with Gasteiger partial charge in [-0.05, 0) is 31.7 Å². The zero-order valence-corrected chi connectivity index (χ0v) is 14.4. The largest absolute Gasteiger partial charge is 0.465 e. The third-order valence-electron chi connectivity index (χ3n) is 3.60. The third kappa shape index (κ3) is 5.66. The standard InChI is InChI=1S/C17H22N4O2S/c1-12(24)18-10-6-5-9-14(21-17(22)23)16-19-11-15(20-16)13-7-3-2-4-8-13/h2-4,7-8,11,14,21H,5-6,9-10H2,1H3,(H,18,24)(H,19,20)(H,22,23). The summed E-state index contributed by atoms with van der Waals surface area (Å²) in [6.07, 6.45) is 3.13. The van der Waals surface area contributed by atoms with Crippen molar-refractivity contribution < 1.29 is 9.90 Å². The zero-order valence-electron chi connectivity index (χ0n) is 13.6. The van der Waals surface area contributed by atoms with Gasteiger partial charge in [0.2, 0.25) is 0 Å². The molecule has 1 heterocycles. The van der Waals surface area contributed by atoms with Crippen LogP contribution in [0.1, 0.15) is 38.1 Å². The van der Waals surface area contributed by atoms with E-state index in [0.717, 1.165) is 35.6 Å². The van der Waals surface area contributed by atoms with E-state index in [2.05, 4.69) is 20.6 Å². The first-order valence-corrected chi connectivity index (χ1v) is 8.31. The average Bonchev–Trinajstić information content (AvgIpc) is 3.03. The number of hydrogen-bond acceptors (Lipinski definition) is 3. The summed E-state index contributed by atoms with van der Waals surface area (Å²) < 4.78 is 0. The van der Waals surface area contributed by atoms with Gasteiger partial charge in [-0.15, -0.1) is 0 Å². The van der Waals surface area contributed by atoms with Gasteiger partial charge in [0.1, 0.15) is 5.82 Å². The summed E-state index contributed by atoms with van der Waals surface area (Å²) in [7, 11) is 0. The van der Waals surface area contributed by atoms with Crippen LogP contribution in [0.2, 0.25) is 0 Å². The molecule has 2 aromatic rings. The highest BCUT2D eigenvalue weighted by Gasteiger charge is 2.17. The number of amides is 1. The lowest BCUT2D eigenvalue weighted by atomic mass is 10.1. The number of rotatable bonds is 8. The molecule has 1 amide bonds. The van der Waals surface area contributed by atoms with Gasteiger partial charge in [0, 0.05) is 6.54 Å². The van der Waals surface area contributed by atoms with Crippen LogP contribution in [-0.2, 0) is 0 Å². The normalized spacial score (nSPS) is 11.7. The van der Waals surface area contributed by atoms with E-state index < -0.39 is 6.09 Å². The summed E-state index contributed by atoms with van der Waals surface area (Å²) in [5.41, 5.74) is 1.90. The minimum absolute atomic E-state index is 0.353. The Kier molecular flexibility index (Phi) is 6.74. The molecule has 0 saturated heterocycles. The van der Waals surface area contributed by atoms with Gasteiger partial charge in [-0.25, -0.2) is 9.78 Å². The number of benzene rings is 1. The van der Waals surface area contributed by atoms with E-state index in [4.69, 9.17) is 17.3 Å². The number of thiocarbonyl (C=S) groups is 1. The van der Waals surface area contributed by atoms with Crippen molar-refractivity contribution in [2.24, 2.45) is 0 Å². The monoisotopic (exact) mass is 346 g/mol. The van der Waals surface area contributed by atoms with Gasteiger partial charge >= 0.3 is 6.09 Å². The number of imidazole rings is 1. The molecule has 1 aromatic heterocycles. The molecular weight excluding hydrogens is 324 g/mol. The van der Waals surface area contributed by atoms with Crippen LogP contribution in [0.15, 0.2) is 36.5 Å². The average molecular weight is 346 g/mol. The first-order chi connectivity index (χ1) is 11.6. The highest BCUT2D eigenvalue weighted by molar-refractivity contribution is 7.80. The Morgan fingerprint density at radius 2 is 2.08 bits per heavy atom. The van der Waals surface area contributed by atoms with Gasteiger partial charge in [0.15, 0.2) is 0 Å².